The van der Waals surface area contributed by atoms with E-state index in [1.54, 1.807) is 80.5 Å². The van der Waals surface area contributed by atoms with Crippen LogP contribution in [-0.2, 0) is 30.3 Å². The van der Waals surface area contributed by atoms with Gasteiger partial charge in [-0.1, -0.05) is 101 Å². The van der Waals surface area contributed by atoms with E-state index in [9.17, 15) is 24.3 Å². The summed E-state index contributed by atoms with van der Waals surface area (Å²) in [6.07, 6.45) is 5.01. The number of phenols is 1. The third kappa shape index (κ3) is 14.0. The summed E-state index contributed by atoms with van der Waals surface area (Å²) < 4.78 is 11.2. The Morgan fingerprint density at radius 1 is 0.800 bits per heavy atom. The molecule has 3 amide bonds. The van der Waals surface area contributed by atoms with E-state index in [1.165, 1.54) is 4.90 Å². The van der Waals surface area contributed by atoms with Gasteiger partial charge in [-0.2, -0.15) is 0 Å². The third-order valence-corrected chi connectivity index (χ3v) is 8.05. The number of nitrogens with one attached hydrogen (secondary N) is 2. The predicted molar refractivity (Wildman–Crippen MR) is 197 cm³/mol. The van der Waals surface area contributed by atoms with E-state index in [1.807, 2.05) is 30.3 Å². The molecule has 3 unspecified atom stereocenters. The zero-order valence-corrected chi connectivity index (χ0v) is 31.9. The van der Waals surface area contributed by atoms with Crippen molar-refractivity contribution in [1.82, 2.24) is 15.5 Å². The molecular formula is C40H61N3O7. The second kappa shape index (κ2) is 19.3. The average Bonchev–Trinajstić information content (AvgIpc) is 3.00. The molecule has 0 saturated heterocycles. The van der Waals surface area contributed by atoms with Gasteiger partial charge in [0.1, 0.15) is 35.1 Å². The summed E-state index contributed by atoms with van der Waals surface area (Å²) in [6.45, 7) is 18.1. The number of hydrogen-bond donors (Lipinski definition) is 3. The Morgan fingerprint density at radius 3 is 1.98 bits per heavy atom. The molecule has 0 radical (unpaired) electrons. The summed E-state index contributed by atoms with van der Waals surface area (Å²) in [4.78, 5) is 57.3. The number of amides is 3. The molecule has 0 saturated carbocycles. The van der Waals surface area contributed by atoms with Crippen LogP contribution in [0.1, 0.15) is 124 Å². The second-order valence-corrected chi connectivity index (χ2v) is 15.4. The zero-order chi connectivity index (χ0) is 37.6. The fourth-order valence-corrected chi connectivity index (χ4v) is 5.58. The van der Waals surface area contributed by atoms with Crippen molar-refractivity contribution in [2.45, 2.75) is 144 Å². The maximum atomic E-state index is 14.7. The van der Waals surface area contributed by atoms with Crippen LogP contribution in [0.25, 0.3) is 0 Å². The van der Waals surface area contributed by atoms with Gasteiger partial charge in [0.05, 0.1) is 0 Å². The van der Waals surface area contributed by atoms with Crippen LogP contribution in [0.5, 0.6) is 5.75 Å². The molecular weight excluding hydrogens is 634 g/mol. The van der Waals surface area contributed by atoms with Gasteiger partial charge >= 0.3 is 12.1 Å². The highest BCUT2D eigenvalue weighted by Gasteiger charge is 2.40. The van der Waals surface area contributed by atoms with E-state index in [-0.39, 0.29) is 30.2 Å². The summed E-state index contributed by atoms with van der Waals surface area (Å²) in [7, 11) is 0. The Bertz CT molecular complexity index is 1400. The molecule has 2 rings (SSSR count). The molecule has 2 aromatic carbocycles. The first-order chi connectivity index (χ1) is 23.3. The van der Waals surface area contributed by atoms with Crippen LogP contribution >= 0.6 is 0 Å². The van der Waals surface area contributed by atoms with Gasteiger partial charge < -0.3 is 30.1 Å². The Labute approximate surface area is 299 Å². The molecule has 0 aliphatic heterocycles. The van der Waals surface area contributed by atoms with Gasteiger partial charge in [0, 0.05) is 18.5 Å². The molecule has 0 aromatic heterocycles. The number of aryl methyl sites for hydroxylation is 1. The number of nitrogens with zero attached hydrogens (tertiary/aromatic N) is 1. The first-order valence-corrected chi connectivity index (χ1v) is 18.0. The number of esters is 1. The van der Waals surface area contributed by atoms with Gasteiger partial charge in [0.15, 0.2) is 0 Å². The summed E-state index contributed by atoms with van der Waals surface area (Å²) in [6, 6.07) is 10.9. The van der Waals surface area contributed by atoms with Crippen molar-refractivity contribution in [3.05, 3.63) is 65.2 Å². The van der Waals surface area contributed by atoms with Gasteiger partial charge in [0.2, 0.25) is 11.8 Å². The summed E-state index contributed by atoms with van der Waals surface area (Å²) in [5.74, 6) is -2.28. The molecule has 0 aliphatic carbocycles. The Hall–Kier alpha value is -4.08. The average molecular weight is 696 g/mol. The van der Waals surface area contributed by atoms with Gasteiger partial charge in [-0.25, -0.2) is 9.59 Å². The number of benzene rings is 2. The van der Waals surface area contributed by atoms with Gasteiger partial charge in [-0.15, -0.1) is 0 Å². The molecule has 0 heterocycles. The maximum absolute atomic E-state index is 14.7. The van der Waals surface area contributed by atoms with Crippen LogP contribution in [0.3, 0.4) is 0 Å². The highest BCUT2D eigenvalue weighted by atomic mass is 16.6. The monoisotopic (exact) mass is 695 g/mol. The number of unbranched alkanes of at least 4 members (excludes halogenated alkanes) is 5. The standard InChI is InChI=1S/C40H61N3O7/c1-11-12-13-14-15-19-25-43(36(46)32(27(2)3)42-38(48)50-40(8,9)10)33(30-24-20-21-28(4)34(30)44)35(45)41-31(37(47)49-39(5,6)7)26-29-22-17-16-18-23-29/h16-18,20-24,27,31-33,44H,11-15,19,25-26H2,1-10H3,(H,41,45)(H,42,48). The molecule has 0 aliphatic rings. The molecule has 0 fully saturated rings. The maximum Gasteiger partial charge on any atom is 0.408 e. The number of ether oxygens (including phenoxy) is 2. The van der Waals surface area contributed by atoms with Crippen LogP contribution in [0.4, 0.5) is 4.79 Å². The largest absolute Gasteiger partial charge is 0.507 e. The lowest BCUT2D eigenvalue weighted by Crippen LogP contribution is -2.56. The highest BCUT2D eigenvalue weighted by Crippen LogP contribution is 2.33. The van der Waals surface area contributed by atoms with E-state index in [0.29, 0.717) is 12.0 Å². The smallest absolute Gasteiger partial charge is 0.408 e. The minimum absolute atomic E-state index is 0.133. The quantitative estimate of drug-likeness (QED) is 0.115. The van der Waals surface area contributed by atoms with Crippen molar-refractivity contribution in [2.75, 3.05) is 6.54 Å². The summed E-state index contributed by atoms with van der Waals surface area (Å²) in [5, 5.41) is 17.0. The highest BCUT2D eigenvalue weighted by molar-refractivity contribution is 5.94. The number of carbonyl (C=O) groups excluding carboxylic acids is 4. The lowest BCUT2D eigenvalue weighted by atomic mass is 9.96. The van der Waals surface area contributed by atoms with Crippen LogP contribution in [0.15, 0.2) is 48.5 Å². The molecule has 3 atom stereocenters. The number of phenolic OH excluding ortho intramolecular Hbond substituents is 1. The molecule has 10 heteroatoms. The fraction of sp³-hybridized carbons (Fsp3) is 0.600. The van der Waals surface area contributed by atoms with Crippen LogP contribution in [0.2, 0.25) is 0 Å². The fourth-order valence-electron chi connectivity index (χ4n) is 5.58. The minimum atomic E-state index is -1.33. The number of hydrogen-bond acceptors (Lipinski definition) is 7. The Kier molecular flexibility index (Phi) is 16.3. The summed E-state index contributed by atoms with van der Waals surface area (Å²) in [5.41, 5.74) is -0.0718. The summed E-state index contributed by atoms with van der Waals surface area (Å²) >= 11 is 0. The Balaban J connectivity index is 2.66. The molecule has 0 spiro atoms. The predicted octanol–water partition coefficient (Wildman–Crippen LogP) is 7.55. The van der Waals surface area contributed by atoms with E-state index in [2.05, 4.69) is 17.6 Å². The van der Waals surface area contributed by atoms with Crippen LogP contribution in [-0.4, -0.2) is 63.7 Å². The molecule has 0 bridgehead atoms. The minimum Gasteiger partial charge on any atom is -0.507 e. The lowest BCUT2D eigenvalue weighted by molar-refractivity contribution is -0.159. The molecule has 2 aromatic rings. The molecule has 3 N–H and O–H groups in total. The lowest BCUT2D eigenvalue weighted by Gasteiger charge is -2.36. The van der Waals surface area contributed by atoms with Crippen molar-refractivity contribution in [3.8, 4) is 5.75 Å². The second-order valence-electron chi connectivity index (χ2n) is 15.4. The number of aromatic hydroxyl groups is 1. The number of carbonyl (C=O) groups is 4. The molecule has 50 heavy (non-hydrogen) atoms. The van der Waals surface area contributed by atoms with Crippen molar-refractivity contribution in [2.24, 2.45) is 5.92 Å². The molecule has 278 valence electrons. The SMILES string of the molecule is CCCCCCCCN(C(=O)C(NC(=O)OC(C)(C)C)C(C)C)C(C(=O)NC(Cc1ccccc1)C(=O)OC(C)(C)C)c1cccc(C)c1O. The third-order valence-electron chi connectivity index (χ3n) is 8.05. The van der Waals surface area contributed by atoms with Gasteiger partial charge in [-0.05, 0) is 71.9 Å². The van der Waals surface area contributed by atoms with Crippen molar-refractivity contribution >= 4 is 23.9 Å². The van der Waals surface area contributed by atoms with Crippen molar-refractivity contribution in [3.63, 3.8) is 0 Å². The van der Waals surface area contributed by atoms with Crippen LogP contribution in [0, 0.1) is 12.8 Å². The van der Waals surface area contributed by atoms with Gasteiger partial charge in [-0.3, -0.25) is 9.59 Å². The van der Waals surface area contributed by atoms with E-state index >= 15 is 0 Å². The number of rotatable bonds is 17. The Morgan fingerprint density at radius 2 is 1.40 bits per heavy atom. The first kappa shape index (κ1) is 42.1. The number of alkyl carbamates (subject to hydrolysis) is 1. The van der Waals surface area contributed by atoms with Crippen molar-refractivity contribution < 1.29 is 33.8 Å². The van der Waals surface area contributed by atoms with E-state index in [0.717, 1.165) is 37.7 Å². The van der Waals surface area contributed by atoms with Gasteiger partial charge in [0.25, 0.3) is 0 Å². The number of para-hydroxylation sites is 1. The first-order valence-electron chi connectivity index (χ1n) is 18.0. The normalized spacial score (nSPS) is 13.6. The zero-order valence-electron chi connectivity index (χ0n) is 31.9. The van der Waals surface area contributed by atoms with Crippen molar-refractivity contribution in [1.29, 1.82) is 0 Å². The van der Waals surface area contributed by atoms with E-state index < -0.39 is 53.2 Å². The molecule has 10 nitrogen and oxygen atoms in total. The van der Waals surface area contributed by atoms with Crippen LogP contribution < -0.4 is 10.6 Å². The van der Waals surface area contributed by atoms with E-state index in [4.69, 9.17) is 9.47 Å². The topological polar surface area (TPSA) is 134 Å².